The third-order valence-corrected chi connectivity index (χ3v) is 5.24. The van der Waals surface area contributed by atoms with Crippen LogP contribution in [0.3, 0.4) is 0 Å². The summed E-state index contributed by atoms with van der Waals surface area (Å²) in [4.78, 5) is 0. The highest BCUT2D eigenvalue weighted by Crippen LogP contribution is 2.42. The fourth-order valence-corrected chi connectivity index (χ4v) is 4.06. The van der Waals surface area contributed by atoms with Gasteiger partial charge in [0.05, 0.1) is 0 Å². The molecule has 0 nitrogen and oxygen atoms in total. The molecule has 0 radical (unpaired) electrons. The summed E-state index contributed by atoms with van der Waals surface area (Å²) in [5.74, 6) is 0.431. The van der Waals surface area contributed by atoms with Gasteiger partial charge in [-0.1, -0.05) is 91.0 Å². The summed E-state index contributed by atoms with van der Waals surface area (Å²) in [6, 6.07) is 33.3. The third-order valence-electron chi connectivity index (χ3n) is 5.24. The van der Waals surface area contributed by atoms with Crippen molar-refractivity contribution in [3.63, 3.8) is 0 Å². The quantitative estimate of drug-likeness (QED) is 0.393. The number of rotatable bonds is 1. The van der Waals surface area contributed by atoms with Crippen LogP contribution < -0.4 is 0 Å². The molecule has 0 heterocycles. The highest BCUT2D eigenvalue weighted by atomic mass is 14.3. The Morgan fingerprint density at radius 1 is 0.583 bits per heavy atom. The first-order valence-electron chi connectivity index (χ1n) is 8.56. The van der Waals surface area contributed by atoms with E-state index in [4.69, 9.17) is 0 Å². The first kappa shape index (κ1) is 13.6. The number of hydrogen-bond donors (Lipinski definition) is 0. The molecule has 0 N–H and O–H groups in total. The van der Waals surface area contributed by atoms with E-state index in [0.29, 0.717) is 5.92 Å². The summed E-state index contributed by atoms with van der Waals surface area (Å²) < 4.78 is 0. The topological polar surface area (TPSA) is 0 Å². The van der Waals surface area contributed by atoms with Crippen LogP contribution in [0.15, 0.2) is 91.0 Å². The van der Waals surface area contributed by atoms with Gasteiger partial charge in [-0.15, -0.1) is 0 Å². The predicted octanol–water partition coefficient (Wildman–Crippen LogP) is 6.19. The summed E-state index contributed by atoms with van der Waals surface area (Å²) in [6.45, 7) is 0. The molecule has 0 aliphatic heterocycles. The predicted molar refractivity (Wildman–Crippen MR) is 101 cm³/mol. The van der Waals surface area contributed by atoms with Gasteiger partial charge >= 0.3 is 0 Å². The molecule has 114 valence electrons. The third kappa shape index (κ3) is 2.07. The van der Waals surface area contributed by atoms with Crippen molar-refractivity contribution in [2.45, 2.75) is 12.3 Å². The molecule has 0 heteroatoms. The second-order valence-electron chi connectivity index (χ2n) is 6.61. The van der Waals surface area contributed by atoms with Crippen molar-refractivity contribution in [1.29, 1.82) is 0 Å². The number of fused-ring (bicyclic) bond motifs is 4. The summed E-state index contributed by atoms with van der Waals surface area (Å²) in [5, 5.41) is 2.64. The number of hydrogen-bond acceptors (Lipinski definition) is 0. The molecule has 0 saturated carbocycles. The zero-order valence-corrected chi connectivity index (χ0v) is 13.4. The second kappa shape index (κ2) is 5.35. The minimum Gasteiger partial charge on any atom is -0.0620 e. The van der Waals surface area contributed by atoms with Crippen LogP contribution in [-0.2, 0) is 6.42 Å². The molecule has 4 aromatic rings. The molecule has 0 amide bonds. The van der Waals surface area contributed by atoms with Crippen molar-refractivity contribution in [2.24, 2.45) is 0 Å². The highest BCUT2D eigenvalue weighted by Gasteiger charge is 2.25. The van der Waals surface area contributed by atoms with Crippen LogP contribution in [0.1, 0.15) is 22.6 Å². The first-order valence-corrected chi connectivity index (χ1v) is 8.56. The SMILES string of the molecule is c1ccc2c(c1)C[C@@H](c1ccc3ccccc3c1)c1ccccc1-2. The maximum atomic E-state index is 2.37. The van der Waals surface area contributed by atoms with E-state index >= 15 is 0 Å². The lowest BCUT2D eigenvalue weighted by atomic mass is 9.75. The Morgan fingerprint density at radius 3 is 2.21 bits per heavy atom. The molecule has 0 bridgehead atoms. The maximum absolute atomic E-state index is 2.37. The van der Waals surface area contributed by atoms with Crippen LogP contribution in [0, 0.1) is 0 Å². The average Bonchev–Trinajstić information content (AvgIpc) is 2.67. The fourth-order valence-electron chi connectivity index (χ4n) is 4.06. The van der Waals surface area contributed by atoms with Gasteiger partial charge in [-0.3, -0.25) is 0 Å². The Morgan fingerprint density at radius 2 is 1.29 bits per heavy atom. The Labute approximate surface area is 142 Å². The Bertz CT molecular complexity index is 1040. The molecule has 1 aliphatic rings. The summed E-state index contributed by atoms with van der Waals surface area (Å²) in [7, 11) is 0. The summed E-state index contributed by atoms with van der Waals surface area (Å²) >= 11 is 0. The lowest BCUT2D eigenvalue weighted by molar-refractivity contribution is 0.795. The van der Waals surface area contributed by atoms with Gasteiger partial charge in [0.1, 0.15) is 0 Å². The van der Waals surface area contributed by atoms with Gasteiger partial charge in [0, 0.05) is 5.92 Å². The van der Waals surface area contributed by atoms with E-state index < -0.39 is 0 Å². The van der Waals surface area contributed by atoms with E-state index in [1.165, 1.54) is 38.6 Å². The molecule has 1 aliphatic carbocycles. The summed E-state index contributed by atoms with van der Waals surface area (Å²) in [5.41, 5.74) is 7.10. The molecule has 0 spiro atoms. The van der Waals surface area contributed by atoms with Gasteiger partial charge < -0.3 is 0 Å². The number of benzene rings is 4. The van der Waals surface area contributed by atoms with Crippen LogP contribution in [0.4, 0.5) is 0 Å². The van der Waals surface area contributed by atoms with Crippen molar-refractivity contribution >= 4 is 10.8 Å². The minimum atomic E-state index is 0.431. The average molecular weight is 306 g/mol. The highest BCUT2D eigenvalue weighted by molar-refractivity contribution is 5.84. The van der Waals surface area contributed by atoms with Crippen LogP contribution >= 0.6 is 0 Å². The van der Waals surface area contributed by atoms with Crippen molar-refractivity contribution in [3.05, 3.63) is 108 Å². The minimum absolute atomic E-state index is 0.431. The Balaban J connectivity index is 1.71. The molecule has 0 aromatic heterocycles. The van der Waals surface area contributed by atoms with Gasteiger partial charge in [0.15, 0.2) is 0 Å². The molecule has 1 atom stereocenters. The second-order valence-corrected chi connectivity index (χ2v) is 6.61. The molecule has 0 saturated heterocycles. The zero-order valence-electron chi connectivity index (χ0n) is 13.4. The Kier molecular flexibility index (Phi) is 3.02. The van der Waals surface area contributed by atoms with Gasteiger partial charge in [0.2, 0.25) is 0 Å². The smallest absolute Gasteiger partial charge is 0.0136 e. The van der Waals surface area contributed by atoms with Crippen molar-refractivity contribution in [1.82, 2.24) is 0 Å². The molecule has 24 heavy (non-hydrogen) atoms. The lowest BCUT2D eigenvalue weighted by Gasteiger charge is -2.28. The molecular weight excluding hydrogens is 288 g/mol. The van der Waals surface area contributed by atoms with E-state index in [1.807, 2.05) is 0 Å². The van der Waals surface area contributed by atoms with Crippen LogP contribution in [0.25, 0.3) is 21.9 Å². The lowest BCUT2D eigenvalue weighted by Crippen LogP contribution is -2.12. The standard InChI is InChI=1S/C24H18/c1-2-8-18-15-20(14-13-17(18)7-1)24-16-19-9-3-4-10-21(19)22-11-5-6-12-23(22)24/h1-15,24H,16H2/t24-/m0/s1. The van der Waals surface area contributed by atoms with Crippen molar-refractivity contribution < 1.29 is 0 Å². The zero-order chi connectivity index (χ0) is 15.9. The van der Waals surface area contributed by atoms with Gasteiger partial charge in [-0.05, 0) is 45.0 Å². The van der Waals surface area contributed by atoms with Crippen molar-refractivity contribution in [2.75, 3.05) is 0 Å². The van der Waals surface area contributed by atoms with E-state index in [-0.39, 0.29) is 0 Å². The van der Waals surface area contributed by atoms with E-state index in [2.05, 4.69) is 91.0 Å². The molecule has 0 fully saturated rings. The van der Waals surface area contributed by atoms with Crippen molar-refractivity contribution in [3.8, 4) is 11.1 Å². The molecular formula is C24H18. The fraction of sp³-hybridized carbons (Fsp3) is 0.0833. The molecule has 5 rings (SSSR count). The largest absolute Gasteiger partial charge is 0.0620 e. The first-order chi connectivity index (χ1) is 11.9. The molecule has 0 unspecified atom stereocenters. The normalized spacial score (nSPS) is 15.8. The monoisotopic (exact) mass is 306 g/mol. The van der Waals surface area contributed by atoms with Crippen LogP contribution in [-0.4, -0.2) is 0 Å². The van der Waals surface area contributed by atoms with Gasteiger partial charge in [0.25, 0.3) is 0 Å². The Hall–Kier alpha value is -2.86. The van der Waals surface area contributed by atoms with E-state index in [9.17, 15) is 0 Å². The van der Waals surface area contributed by atoms with E-state index in [0.717, 1.165) is 6.42 Å². The van der Waals surface area contributed by atoms with Gasteiger partial charge in [-0.25, -0.2) is 0 Å². The van der Waals surface area contributed by atoms with E-state index in [1.54, 1.807) is 0 Å². The maximum Gasteiger partial charge on any atom is 0.0136 e. The van der Waals surface area contributed by atoms with Gasteiger partial charge in [-0.2, -0.15) is 0 Å². The molecule has 4 aromatic carbocycles. The summed E-state index contributed by atoms with van der Waals surface area (Å²) in [6.07, 6.45) is 1.07. The van der Waals surface area contributed by atoms with Crippen LogP contribution in [0.5, 0.6) is 0 Å². The van der Waals surface area contributed by atoms with Crippen LogP contribution in [0.2, 0.25) is 0 Å².